The lowest BCUT2D eigenvalue weighted by molar-refractivity contribution is 0.0561. The van der Waals surface area contributed by atoms with Crippen LogP contribution >= 0.6 is 0 Å². The Morgan fingerprint density at radius 2 is 2.25 bits per heavy atom. The number of carbonyl (C=O) groups is 1. The molecule has 0 saturated carbocycles. The van der Waals surface area contributed by atoms with E-state index >= 15 is 0 Å². The summed E-state index contributed by atoms with van der Waals surface area (Å²) in [5.41, 5.74) is -0.483. The summed E-state index contributed by atoms with van der Waals surface area (Å²) in [7, 11) is 3.05. The van der Waals surface area contributed by atoms with Crippen LogP contribution in [0.2, 0.25) is 0 Å². The lowest BCUT2D eigenvalue weighted by Crippen LogP contribution is -2.44. The number of methoxy groups -OCH3 is 2. The number of ether oxygens (including phenoxy) is 2. The van der Waals surface area contributed by atoms with Gasteiger partial charge in [0.25, 0.3) is 5.91 Å². The first-order valence-electron chi connectivity index (χ1n) is 6.51. The quantitative estimate of drug-likeness (QED) is 0.716. The zero-order valence-electron chi connectivity index (χ0n) is 11.7. The van der Waals surface area contributed by atoms with Crippen molar-refractivity contribution in [3.05, 3.63) is 23.8 Å². The maximum Gasteiger partial charge on any atom is 0.255 e. The molecule has 0 radical (unpaired) electrons. The standard InChI is InChI=1S/C14H20N2O4/c1-19-10-3-4-12(20-2)11(7-10)13(17)16-9-14(18)5-6-15-8-14/h3-4,7,15,18H,5-6,8-9H2,1-2H3,(H,16,17). The number of carbonyl (C=O) groups excluding carboxylic acids is 1. The predicted octanol–water partition coefficient (Wildman–Crippen LogP) is 0.158. The first-order chi connectivity index (χ1) is 9.58. The first-order valence-corrected chi connectivity index (χ1v) is 6.51. The number of hydrogen-bond acceptors (Lipinski definition) is 5. The summed E-state index contributed by atoms with van der Waals surface area (Å²) in [5.74, 6) is 0.762. The van der Waals surface area contributed by atoms with Gasteiger partial charge in [-0.25, -0.2) is 0 Å². The Hall–Kier alpha value is -1.79. The van der Waals surface area contributed by atoms with Gasteiger partial charge in [-0.1, -0.05) is 0 Å². The zero-order chi connectivity index (χ0) is 14.6. The molecular formula is C14H20N2O4. The molecule has 0 spiro atoms. The van der Waals surface area contributed by atoms with Crippen LogP contribution in [-0.2, 0) is 0 Å². The van der Waals surface area contributed by atoms with Crippen molar-refractivity contribution in [1.29, 1.82) is 0 Å². The van der Waals surface area contributed by atoms with Gasteiger partial charge in [0.2, 0.25) is 0 Å². The lowest BCUT2D eigenvalue weighted by Gasteiger charge is -2.21. The molecule has 1 aliphatic rings. The Bertz CT molecular complexity index is 484. The van der Waals surface area contributed by atoms with E-state index < -0.39 is 5.60 Å². The molecule has 2 rings (SSSR count). The number of amides is 1. The van der Waals surface area contributed by atoms with Gasteiger partial charge < -0.3 is 25.2 Å². The van der Waals surface area contributed by atoms with Crippen molar-refractivity contribution >= 4 is 5.91 Å². The molecule has 0 bridgehead atoms. The zero-order valence-corrected chi connectivity index (χ0v) is 11.7. The molecule has 1 amide bonds. The molecule has 1 aromatic rings. The normalized spacial score (nSPS) is 21.6. The molecule has 0 aromatic heterocycles. The highest BCUT2D eigenvalue weighted by Gasteiger charge is 2.31. The van der Waals surface area contributed by atoms with Crippen LogP contribution in [0.15, 0.2) is 18.2 Å². The van der Waals surface area contributed by atoms with Gasteiger partial charge in [0.1, 0.15) is 11.5 Å². The minimum atomic E-state index is -0.873. The summed E-state index contributed by atoms with van der Waals surface area (Å²) in [6.07, 6.45) is 0.628. The van der Waals surface area contributed by atoms with Crippen molar-refractivity contribution in [3.63, 3.8) is 0 Å². The molecule has 1 aromatic carbocycles. The molecule has 1 saturated heterocycles. The molecule has 1 atom stereocenters. The fourth-order valence-electron chi connectivity index (χ4n) is 2.21. The van der Waals surface area contributed by atoms with E-state index in [1.54, 1.807) is 18.2 Å². The number of β-amino-alcohol motifs (C(OH)–C–C–N with tert-alkyl or cyclic N) is 1. The van der Waals surface area contributed by atoms with E-state index in [4.69, 9.17) is 9.47 Å². The number of aliphatic hydroxyl groups is 1. The highest BCUT2D eigenvalue weighted by molar-refractivity contribution is 5.97. The second-order valence-electron chi connectivity index (χ2n) is 4.90. The van der Waals surface area contributed by atoms with Crippen LogP contribution in [0.25, 0.3) is 0 Å². The molecular weight excluding hydrogens is 260 g/mol. The summed E-state index contributed by atoms with van der Waals surface area (Å²) in [5, 5.41) is 16.0. The molecule has 1 aliphatic heterocycles. The summed E-state index contributed by atoms with van der Waals surface area (Å²) in [6.45, 7) is 1.45. The van der Waals surface area contributed by atoms with Crippen molar-refractivity contribution in [2.75, 3.05) is 33.9 Å². The topological polar surface area (TPSA) is 79.8 Å². The minimum absolute atomic E-state index is 0.208. The lowest BCUT2D eigenvalue weighted by atomic mass is 10.0. The van der Waals surface area contributed by atoms with Gasteiger partial charge in [-0.15, -0.1) is 0 Å². The third kappa shape index (κ3) is 3.20. The average Bonchev–Trinajstić information content (AvgIpc) is 2.91. The SMILES string of the molecule is COc1ccc(OC)c(C(=O)NCC2(O)CCNC2)c1. The third-order valence-electron chi connectivity index (χ3n) is 3.45. The maximum absolute atomic E-state index is 12.2. The van der Waals surface area contributed by atoms with Gasteiger partial charge in [0, 0.05) is 13.1 Å². The Morgan fingerprint density at radius 3 is 2.85 bits per heavy atom. The van der Waals surface area contributed by atoms with Crippen LogP contribution in [-0.4, -0.2) is 50.5 Å². The predicted molar refractivity (Wildman–Crippen MR) is 74.3 cm³/mol. The van der Waals surface area contributed by atoms with E-state index in [0.29, 0.717) is 30.0 Å². The molecule has 0 aliphatic carbocycles. The fourth-order valence-corrected chi connectivity index (χ4v) is 2.21. The summed E-state index contributed by atoms with van der Waals surface area (Å²) >= 11 is 0. The minimum Gasteiger partial charge on any atom is -0.497 e. The Labute approximate surface area is 118 Å². The van der Waals surface area contributed by atoms with Crippen LogP contribution < -0.4 is 20.1 Å². The van der Waals surface area contributed by atoms with Gasteiger partial charge in [-0.05, 0) is 31.2 Å². The van der Waals surface area contributed by atoms with Crippen LogP contribution in [0.3, 0.4) is 0 Å². The van der Waals surface area contributed by atoms with Crippen LogP contribution in [0.1, 0.15) is 16.8 Å². The number of hydrogen-bond donors (Lipinski definition) is 3. The third-order valence-corrected chi connectivity index (χ3v) is 3.45. The summed E-state index contributed by atoms with van der Waals surface area (Å²) < 4.78 is 10.3. The fraction of sp³-hybridized carbons (Fsp3) is 0.500. The van der Waals surface area contributed by atoms with Gasteiger partial charge in [-0.2, -0.15) is 0 Å². The van der Waals surface area contributed by atoms with Crippen molar-refractivity contribution in [3.8, 4) is 11.5 Å². The Balaban J connectivity index is 2.07. The number of rotatable bonds is 5. The number of benzene rings is 1. The van der Waals surface area contributed by atoms with Crippen LogP contribution in [0.4, 0.5) is 0 Å². The molecule has 3 N–H and O–H groups in total. The molecule has 20 heavy (non-hydrogen) atoms. The average molecular weight is 280 g/mol. The highest BCUT2D eigenvalue weighted by Crippen LogP contribution is 2.24. The largest absolute Gasteiger partial charge is 0.497 e. The van der Waals surface area contributed by atoms with E-state index in [-0.39, 0.29) is 12.5 Å². The van der Waals surface area contributed by atoms with E-state index in [2.05, 4.69) is 10.6 Å². The molecule has 110 valence electrons. The van der Waals surface area contributed by atoms with Crippen molar-refractivity contribution in [1.82, 2.24) is 10.6 Å². The molecule has 1 heterocycles. The molecule has 1 fully saturated rings. The second-order valence-corrected chi connectivity index (χ2v) is 4.90. The van der Waals surface area contributed by atoms with E-state index in [1.807, 2.05) is 0 Å². The first kappa shape index (κ1) is 14.6. The van der Waals surface area contributed by atoms with Gasteiger partial charge in [-0.3, -0.25) is 4.79 Å². The Morgan fingerprint density at radius 1 is 1.45 bits per heavy atom. The van der Waals surface area contributed by atoms with Gasteiger partial charge in [0.05, 0.1) is 25.4 Å². The van der Waals surface area contributed by atoms with Crippen molar-refractivity contribution in [2.45, 2.75) is 12.0 Å². The molecule has 6 nitrogen and oxygen atoms in total. The van der Waals surface area contributed by atoms with E-state index in [1.165, 1.54) is 14.2 Å². The van der Waals surface area contributed by atoms with E-state index in [9.17, 15) is 9.90 Å². The van der Waals surface area contributed by atoms with Crippen LogP contribution in [0.5, 0.6) is 11.5 Å². The molecule has 6 heteroatoms. The summed E-state index contributed by atoms with van der Waals surface area (Å²) in [4.78, 5) is 12.2. The van der Waals surface area contributed by atoms with Crippen molar-refractivity contribution < 1.29 is 19.4 Å². The van der Waals surface area contributed by atoms with Crippen molar-refractivity contribution in [2.24, 2.45) is 0 Å². The van der Waals surface area contributed by atoms with E-state index in [0.717, 1.165) is 6.54 Å². The molecule has 1 unspecified atom stereocenters. The van der Waals surface area contributed by atoms with Gasteiger partial charge >= 0.3 is 0 Å². The maximum atomic E-state index is 12.2. The summed E-state index contributed by atoms with van der Waals surface area (Å²) in [6, 6.07) is 5.02. The van der Waals surface area contributed by atoms with Gasteiger partial charge in [0.15, 0.2) is 0 Å². The Kier molecular flexibility index (Phi) is 4.46. The highest BCUT2D eigenvalue weighted by atomic mass is 16.5. The smallest absolute Gasteiger partial charge is 0.255 e. The van der Waals surface area contributed by atoms with Crippen LogP contribution in [0, 0.1) is 0 Å². The second kappa shape index (κ2) is 6.11. The monoisotopic (exact) mass is 280 g/mol. The number of nitrogens with one attached hydrogen (secondary N) is 2.